The fraction of sp³-hybridized carbons (Fsp3) is 0.235. The van der Waals surface area contributed by atoms with Crippen LogP contribution in [0.15, 0.2) is 35.0 Å². The quantitative estimate of drug-likeness (QED) is 0.785. The van der Waals surface area contributed by atoms with Crippen molar-refractivity contribution in [1.82, 2.24) is 9.78 Å². The summed E-state index contributed by atoms with van der Waals surface area (Å²) in [5.41, 5.74) is 4.53. The summed E-state index contributed by atoms with van der Waals surface area (Å²) in [5, 5.41) is 12.6. The first-order valence-corrected chi connectivity index (χ1v) is 8.63. The van der Waals surface area contributed by atoms with Crippen molar-refractivity contribution in [3.63, 3.8) is 0 Å². The lowest BCUT2D eigenvalue weighted by Crippen LogP contribution is -2.15. The highest BCUT2D eigenvalue weighted by Gasteiger charge is 2.24. The molecule has 0 atom stereocenters. The van der Waals surface area contributed by atoms with Gasteiger partial charge in [0.25, 0.3) is 0 Å². The molecule has 0 spiro atoms. The Hall–Kier alpha value is -2.47. The molecule has 0 fully saturated rings. The number of anilines is 1. The van der Waals surface area contributed by atoms with Crippen LogP contribution in [0.4, 0.5) is 5.82 Å². The molecule has 0 saturated carbocycles. The van der Waals surface area contributed by atoms with Crippen LogP contribution in [0.2, 0.25) is 0 Å². The molecule has 0 aliphatic carbocycles. The van der Waals surface area contributed by atoms with Crippen LogP contribution in [0.5, 0.6) is 11.5 Å². The molecule has 116 valence electrons. The summed E-state index contributed by atoms with van der Waals surface area (Å²) in [7, 11) is 0. The third-order valence-electron chi connectivity index (χ3n) is 4.22. The molecule has 2 aliphatic rings. The predicted molar refractivity (Wildman–Crippen MR) is 90.1 cm³/mol. The molecule has 0 bridgehead atoms. The molecule has 0 amide bonds. The molecular formula is C17H15N3O2S. The van der Waals surface area contributed by atoms with Gasteiger partial charge >= 0.3 is 0 Å². The second kappa shape index (κ2) is 5.03. The minimum absolute atomic E-state index is 0.589. The zero-order chi connectivity index (χ0) is 15.2. The molecule has 5 nitrogen and oxygen atoms in total. The maximum atomic E-state index is 5.70. The van der Waals surface area contributed by atoms with Crippen molar-refractivity contribution in [2.75, 3.05) is 25.1 Å². The zero-order valence-electron chi connectivity index (χ0n) is 12.4. The monoisotopic (exact) mass is 325 g/mol. The summed E-state index contributed by atoms with van der Waals surface area (Å²) in [4.78, 5) is 0. The van der Waals surface area contributed by atoms with Crippen molar-refractivity contribution in [3.05, 3.63) is 40.6 Å². The molecule has 0 unspecified atom stereocenters. The summed E-state index contributed by atoms with van der Waals surface area (Å²) in [6.07, 6.45) is 1.01. The number of nitrogens with zero attached hydrogens (tertiary/aromatic N) is 2. The molecule has 0 saturated heterocycles. The van der Waals surface area contributed by atoms with Gasteiger partial charge in [-0.25, -0.2) is 4.68 Å². The molecular weight excluding hydrogens is 310 g/mol. The van der Waals surface area contributed by atoms with E-state index in [0.717, 1.165) is 41.7 Å². The average molecular weight is 325 g/mol. The number of ether oxygens (including phenoxy) is 2. The molecule has 5 rings (SSSR count). The van der Waals surface area contributed by atoms with Crippen molar-refractivity contribution in [2.24, 2.45) is 0 Å². The van der Waals surface area contributed by atoms with E-state index in [2.05, 4.69) is 22.1 Å². The molecule has 1 N–H and O–H groups in total. The van der Waals surface area contributed by atoms with Gasteiger partial charge in [0.2, 0.25) is 0 Å². The van der Waals surface area contributed by atoms with Crippen LogP contribution in [0.1, 0.15) is 5.56 Å². The molecule has 4 heterocycles. The first-order valence-electron chi connectivity index (χ1n) is 7.68. The molecule has 3 aromatic rings. The van der Waals surface area contributed by atoms with Gasteiger partial charge in [0.1, 0.15) is 19.0 Å². The summed E-state index contributed by atoms with van der Waals surface area (Å²) in [6.45, 7) is 2.15. The Morgan fingerprint density at radius 3 is 2.91 bits per heavy atom. The van der Waals surface area contributed by atoms with E-state index in [1.165, 1.54) is 11.1 Å². The fourth-order valence-electron chi connectivity index (χ4n) is 3.16. The highest BCUT2D eigenvalue weighted by Crippen LogP contribution is 2.37. The van der Waals surface area contributed by atoms with Crippen LogP contribution in [-0.4, -0.2) is 29.5 Å². The van der Waals surface area contributed by atoms with E-state index in [1.807, 2.05) is 22.9 Å². The van der Waals surface area contributed by atoms with Crippen LogP contribution in [0.25, 0.3) is 16.9 Å². The topological polar surface area (TPSA) is 48.3 Å². The largest absolute Gasteiger partial charge is 0.486 e. The fourth-order valence-corrected chi connectivity index (χ4v) is 3.80. The standard InChI is InChI=1S/C17H15N3O2S/c1-2-14-15(22-7-6-21-14)9-12(1)20-17-13(3-5-18-17)16(19-20)11-4-8-23-10-11/h1-2,4,8-10,18H,3,5-7H2. The Kier molecular flexibility index (Phi) is 2.84. The van der Waals surface area contributed by atoms with Crippen LogP contribution in [0.3, 0.4) is 0 Å². The maximum Gasteiger partial charge on any atom is 0.163 e. The lowest BCUT2D eigenvalue weighted by atomic mass is 10.1. The van der Waals surface area contributed by atoms with Crippen molar-refractivity contribution in [2.45, 2.75) is 6.42 Å². The number of thiophene rings is 1. The van der Waals surface area contributed by atoms with Gasteiger partial charge < -0.3 is 14.8 Å². The summed E-state index contributed by atoms with van der Waals surface area (Å²) >= 11 is 1.70. The Labute approximate surface area is 137 Å². The van der Waals surface area contributed by atoms with Crippen molar-refractivity contribution in [3.8, 4) is 28.4 Å². The van der Waals surface area contributed by atoms with Crippen LogP contribution in [-0.2, 0) is 6.42 Å². The van der Waals surface area contributed by atoms with Crippen molar-refractivity contribution < 1.29 is 9.47 Å². The Bertz CT molecular complexity index is 870. The number of rotatable bonds is 2. The van der Waals surface area contributed by atoms with E-state index in [9.17, 15) is 0 Å². The highest BCUT2D eigenvalue weighted by atomic mass is 32.1. The second-order valence-electron chi connectivity index (χ2n) is 5.60. The van der Waals surface area contributed by atoms with E-state index in [1.54, 1.807) is 11.3 Å². The van der Waals surface area contributed by atoms with Gasteiger partial charge in [-0.05, 0) is 30.0 Å². The van der Waals surface area contributed by atoms with Crippen LogP contribution < -0.4 is 14.8 Å². The van der Waals surface area contributed by atoms with Gasteiger partial charge in [0.15, 0.2) is 11.5 Å². The minimum atomic E-state index is 0.589. The first-order chi connectivity index (χ1) is 11.4. The van der Waals surface area contributed by atoms with E-state index >= 15 is 0 Å². The zero-order valence-corrected chi connectivity index (χ0v) is 13.2. The Balaban J connectivity index is 1.65. The van der Waals surface area contributed by atoms with Crippen LogP contribution >= 0.6 is 11.3 Å². The molecule has 0 radical (unpaired) electrons. The number of fused-ring (bicyclic) bond motifs is 2. The summed E-state index contributed by atoms with van der Waals surface area (Å²) < 4.78 is 13.3. The third-order valence-corrected chi connectivity index (χ3v) is 4.90. The van der Waals surface area contributed by atoms with E-state index in [4.69, 9.17) is 14.6 Å². The maximum absolute atomic E-state index is 5.70. The minimum Gasteiger partial charge on any atom is -0.486 e. The molecule has 2 aliphatic heterocycles. The average Bonchev–Trinajstić information content (AvgIpc) is 3.31. The lowest BCUT2D eigenvalue weighted by Gasteiger charge is -2.19. The van der Waals surface area contributed by atoms with Gasteiger partial charge in [-0.15, -0.1) is 0 Å². The Morgan fingerprint density at radius 2 is 2.04 bits per heavy atom. The lowest BCUT2D eigenvalue weighted by molar-refractivity contribution is 0.171. The normalized spacial score (nSPS) is 15.3. The molecule has 6 heteroatoms. The number of nitrogens with one attached hydrogen (secondary N) is 1. The highest BCUT2D eigenvalue weighted by molar-refractivity contribution is 7.08. The molecule has 1 aromatic carbocycles. The number of hydrogen-bond acceptors (Lipinski definition) is 5. The van der Waals surface area contributed by atoms with E-state index in [-0.39, 0.29) is 0 Å². The smallest absolute Gasteiger partial charge is 0.163 e. The van der Waals surface area contributed by atoms with Crippen molar-refractivity contribution in [1.29, 1.82) is 0 Å². The third kappa shape index (κ3) is 2.02. The number of benzene rings is 1. The van der Waals surface area contributed by atoms with Gasteiger partial charge in [0.05, 0.1) is 11.4 Å². The van der Waals surface area contributed by atoms with Gasteiger partial charge in [-0.1, -0.05) is 0 Å². The van der Waals surface area contributed by atoms with Gasteiger partial charge in [-0.2, -0.15) is 16.4 Å². The molecule has 23 heavy (non-hydrogen) atoms. The summed E-state index contributed by atoms with van der Waals surface area (Å²) in [5.74, 6) is 2.67. The number of hydrogen-bond donors (Lipinski definition) is 1. The number of aromatic nitrogens is 2. The second-order valence-corrected chi connectivity index (χ2v) is 6.38. The SMILES string of the molecule is c1cc(-c2nn(-c3ccc4c(c3)OCCO4)c3c2CCN3)cs1. The van der Waals surface area contributed by atoms with Gasteiger partial charge in [0, 0.05) is 29.1 Å². The van der Waals surface area contributed by atoms with Crippen LogP contribution in [0, 0.1) is 0 Å². The molecule has 2 aromatic heterocycles. The Morgan fingerprint density at radius 1 is 1.13 bits per heavy atom. The van der Waals surface area contributed by atoms with E-state index < -0.39 is 0 Å². The predicted octanol–water partition coefficient (Wildman–Crippen LogP) is 3.34. The van der Waals surface area contributed by atoms with E-state index in [0.29, 0.717) is 13.2 Å². The van der Waals surface area contributed by atoms with Gasteiger partial charge in [-0.3, -0.25) is 0 Å². The summed E-state index contributed by atoms with van der Waals surface area (Å²) in [6, 6.07) is 8.11. The van der Waals surface area contributed by atoms with Crippen molar-refractivity contribution >= 4 is 17.2 Å². The first kappa shape index (κ1) is 13.0.